The van der Waals surface area contributed by atoms with E-state index < -0.39 is 0 Å². The van der Waals surface area contributed by atoms with Gasteiger partial charge in [0.05, 0.1) is 5.92 Å². The minimum atomic E-state index is -0.00287. The van der Waals surface area contributed by atoms with E-state index in [2.05, 4.69) is 56.3 Å². The SMILES string of the molecule is CCCc1ccc2c(c1)OC(=O)C(C1CCC(c3ccc(CC)cc3)CC1)C2. The van der Waals surface area contributed by atoms with Gasteiger partial charge in [0.25, 0.3) is 0 Å². The molecule has 2 heteroatoms. The molecule has 0 spiro atoms. The maximum atomic E-state index is 12.7. The highest BCUT2D eigenvalue weighted by Gasteiger charge is 2.37. The Morgan fingerprint density at radius 2 is 1.64 bits per heavy atom. The van der Waals surface area contributed by atoms with Gasteiger partial charge in [-0.2, -0.15) is 0 Å². The van der Waals surface area contributed by atoms with Crippen molar-refractivity contribution < 1.29 is 9.53 Å². The first-order valence-corrected chi connectivity index (χ1v) is 11.1. The summed E-state index contributed by atoms with van der Waals surface area (Å²) in [4.78, 5) is 12.7. The number of ether oxygens (including phenoxy) is 1. The molecule has 0 N–H and O–H groups in total. The molecule has 1 saturated carbocycles. The Morgan fingerprint density at radius 1 is 0.929 bits per heavy atom. The number of esters is 1. The van der Waals surface area contributed by atoms with Crippen LogP contribution in [0.4, 0.5) is 0 Å². The maximum absolute atomic E-state index is 12.7. The van der Waals surface area contributed by atoms with Crippen LogP contribution >= 0.6 is 0 Å². The highest BCUT2D eigenvalue weighted by Crippen LogP contribution is 2.42. The summed E-state index contributed by atoms with van der Waals surface area (Å²) < 4.78 is 5.78. The molecule has 28 heavy (non-hydrogen) atoms. The summed E-state index contributed by atoms with van der Waals surface area (Å²) in [7, 11) is 0. The van der Waals surface area contributed by atoms with Gasteiger partial charge in [-0.25, -0.2) is 0 Å². The molecule has 1 unspecified atom stereocenters. The minimum Gasteiger partial charge on any atom is -0.426 e. The summed E-state index contributed by atoms with van der Waals surface area (Å²) in [5.74, 6) is 1.94. The van der Waals surface area contributed by atoms with Crippen molar-refractivity contribution in [2.24, 2.45) is 11.8 Å². The van der Waals surface area contributed by atoms with Crippen LogP contribution in [0.15, 0.2) is 42.5 Å². The smallest absolute Gasteiger partial charge is 0.314 e. The van der Waals surface area contributed by atoms with Gasteiger partial charge >= 0.3 is 5.97 Å². The Labute approximate surface area is 169 Å². The van der Waals surface area contributed by atoms with Crippen molar-refractivity contribution in [2.75, 3.05) is 0 Å². The maximum Gasteiger partial charge on any atom is 0.314 e. The van der Waals surface area contributed by atoms with Crippen LogP contribution in [0.25, 0.3) is 0 Å². The summed E-state index contributed by atoms with van der Waals surface area (Å²) in [6.07, 6.45) is 8.72. The molecule has 0 bridgehead atoms. The van der Waals surface area contributed by atoms with Crippen LogP contribution in [0.2, 0.25) is 0 Å². The van der Waals surface area contributed by atoms with Crippen molar-refractivity contribution in [3.05, 3.63) is 64.7 Å². The van der Waals surface area contributed by atoms with Crippen molar-refractivity contribution in [3.8, 4) is 5.75 Å². The first-order chi connectivity index (χ1) is 13.7. The molecule has 2 aromatic carbocycles. The Morgan fingerprint density at radius 3 is 2.32 bits per heavy atom. The average Bonchev–Trinajstić information content (AvgIpc) is 2.74. The third-order valence-corrected chi connectivity index (χ3v) is 6.82. The molecular weight excluding hydrogens is 344 g/mol. The van der Waals surface area contributed by atoms with Gasteiger partial charge in [0.1, 0.15) is 5.75 Å². The van der Waals surface area contributed by atoms with Crippen LogP contribution in [-0.4, -0.2) is 5.97 Å². The second-order valence-corrected chi connectivity index (χ2v) is 8.63. The van der Waals surface area contributed by atoms with E-state index in [-0.39, 0.29) is 11.9 Å². The van der Waals surface area contributed by atoms with Crippen molar-refractivity contribution in [3.63, 3.8) is 0 Å². The lowest BCUT2D eigenvalue weighted by Gasteiger charge is -2.35. The van der Waals surface area contributed by atoms with Gasteiger partial charge in [-0.3, -0.25) is 4.79 Å². The lowest BCUT2D eigenvalue weighted by atomic mass is 9.72. The molecular formula is C26H32O2. The first kappa shape index (κ1) is 19.2. The van der Waals surface area contributed by atoms with Crippen LogP contribution in [-0.2, 0) is 24.1 Å². The van der Waals surface area contributed by atoms with Crippen molar-refractivity contribution >= 4 is 5.97 Å². The predicted octanol–water partition coefficient (Wildman–Crippen LogP) is 6.25. The Balaban J connectivity index is 1.39. The van der Waals surface area contributed by atoms with Gasteiger partial charge in [-0.15, -0.1) is 0 Å². The van der Waals surface area contributed by atoms with E-state index in [0.29, 0.717) is 11.8 Å². The van der Waals surface area contributed by atoms with Gasteiger partial charge in [-0.1, -0.05) is 56.7 Å². The summed E-state index contributed by atoms with van der Waals surface area (Å²) in [6.45, 7) is 4.38. The number of hydrogen-bond donors (Lipinski definition) is 0. The molecule has 148 valence electrons. The van der Waals surface area contributed by atoms with Crippen molar-refractivity contribution in [1.29, 1.82) is 0 Å². The van der Waals surface area contributed by atoms with Crippen LogP contribution < -0.4 is 4.74 Å². The molecule has 0 aromatic heterocycles. The van der Waals surface area contributed by atoms with E-state index in [1.165, 1.54) is 35.1 Å². The second-order valence-electron chi connectivity index (χ2n) is 8.63. The predicted molar refractivity (Wildman–Crippen MR) is 114 cm³/mol. The largest absolute Gasteiger partial charge is 0.426 e. The lowest BCUT2D eigenvalue weighted by Crippen LogP contribution is -2.35. The van der Waals surface area contributed by atoms with Crippen molar-refractivity contribution in [1.82, 2.24) is 0 Å². The molecule has 4 rings (SSSR count). The number of hydrogen-bond acceptors (Lipinski definition) is 2. The van der Waals surface area contributed by atoms with Crippen LogP contribution in [0, 0.1) is 11.8 Å². The number of rotatable bonds is 5. The zero-order valence-electron chi connectivity index (χ0n) is 17.2. The summed E-state index contributed by atoms with van der Waals surface area (Å²) in [5.41, 5.74) is 5.35. The van der Waals surface area contributed by atoms with Gasteiger partial charge in [0.15, 0.2) is 0 Å². The highest BCUT2D eigenvalue weighted by atomic mass is 16.5. The molecule has 0 amide bonds. The zero-order valence-corrected chi connectivity index (χ0v) is 17.2. The first-order valence-electron chi connectivity index (χ1n) is 11.1. The van der Waals surface area contributed by atoms with Gasteiger partial charge < -0.3 is 4.74 Å². The monoisotopic (exact) mass is 376 g/mol. The molecule has 1 atom stereocenters. The Hall–Kier alpha value is -2.09. The van der Waals surface area contributed by atoms with E-state index in [9.17, 15) is 4.79 Å². The van der Waals surface area contributed by atoms with Crippen LogP contribution in [0.3, 0.4) is 0 Å². The summed E-state index contributed by atoms with van der Waals surface area (Å²) >= 11 is 0. The average molecular weight is 377 g/mol. The van der Waals surface area contributed by atoms with Gasteiger partial charge in [-0.05, 0) is 85.1 Å². The molecule has 2 nitrogen and oxygen atoms in total. The lowest BCUT2D eigenvalue weighted by molar-refractivity contribution is -0.142. The molecule has 1 fully saturated rings. The minimum absolute atomic E-state index is 0.00287. The topological polar surface area (TPSA) is 26.3 Å². The number of benzene rings is 2. The van der Waals surface area contributed by atoms with Crippen LogP contribution in [0.5, 0.6) is 5.75 Å². The van der Waals surface area contributed by atoms with Gasteiger partial charge in [0.2, 0.25) is 0 Å². The normalized spacial score (nSPS) is 24.5. The van der Waals surface area contributed by atoms with Crippen LogP contribution in [0.1, 0.15) is 74.1 Å². The zero-order chi connectivity index (χ0) is 19.5. The summed E-state index contributed by atoms with van der Waals surface area (Å²) in [6, 6.07) is 15.6. The second kappa shape index (κ2) is 8.51. The number of carbonyl (C=O) groups excluding carboxylic acids is 1. The van der Waals surface area contributed by atoms with E-state index in [0.717, 1.165) is 44.3 Å². The van der Waals surface area contributed by atoms with Gasteiger partial charge in [0, 0.05) is 0 Å². The fraction of sp³-hybridized carbons (Fsp3) is 0.500. The molecule has 1 heterocycles. The highest BCUT2D eigenvalue weighted by molar-refractivity contribution is 5.78. The third kappa shape index (κ3) is 4.01. The number of carbonyl (C=O) groups is 1. The standard InChI is InChI=1S/C26H32O2/c1-3-5-19-8-11-23-17-24(26(27)28-25(23)16-19)22-14-12-21(13-15-22)20-9-6-18(4-2)7-10-20/h6-11,16,21-22,24H,3-5,12-15,17H2,1-2H3. The molecule has 1 aliphatic carbocycles. The van der Waals surface area contributed by atoms with Crippen molar-refractivity contribution in [2.45, 2.75) is 71.1 Å². The molecule has 0 radical (unpaired) electrons. The Kier molecular flexibility index (Phi) is 5.85. The van der Waals surface area contributed by atoms with E-state index in [1.54, 1.807) is 0 Å². The fourth-order valence-electron chi connectivity index (χ4n) is 5.05. The fourth-order valence-corrected chi connectivity index (χ4v) is 5.05. The molecule has 0 saturated heterocycles. The number of aryl methyl sites for hydroxylation is 2. The molecule has 1 aliphatic heterocycles. The quantitative estimate of drug-likeness (QED) is 0.455. The molecule has 2 aromatic rings. The third-order valence-electron chi connectivity index (χ3n) is 6.82. The summed E-state index contributed by atoms with van der Waals surface area (Å²) in [5, 5.41) is 0. The van der Waals surface area contributed by atoms with E-state index in [1.807, 2.05) is 0 Å². The Bertz CT molecular complexity index is 813. The van der Waals surface area contributed by atoms with E-state index in [4.69, 9.17) is 4.74 Å². The van der Waals surface area contributed by atoms with E-state index >= 15 is 0 Å². The molecule has 2 aliphatic rings. The number of fused-ring (bicyclic) bond motifs is 1.